The normalized spacial score (nSPS) is 10.9. The third kappa shape index (κ3) is 3.52. The van der Waals surface area contributed by atoms with Crippen LogP contribution in [0.5, 0.6) is 0 Å². The van der Waals surface area contributed by atoms with Gasteiger partial charge in [0, 0.05) is 5.56 Å². The summed E-state index contributed by atoms with van der Waals surface area (Å²) in [6.45, 7) is 2.25. The maximum atomic E-state index is 5.51. The average Bonchev–Trinajstić information content (AvgIpc) is 3.03. The van der Waals surface area contributed by atoms with E-state index in [1.54, 1.807) is 12.5 Å². The van der Waals surface area contributed by atoms with E-state index in [1.807, 2.05) is 12.1 Å². The van der Waals surface area contributed by atoms with Crippen molar-refractivity contribution in [2.75, 3.05) is 0 Å². The lowest BCUT2D eigenvalue weighted by atomic mass is 10.0. The Morgan fingerprint density at radius 3 is 2.50 bits per heavy atom. The monoisotopic (exact) mass is 246 g/mol. The summed E-state index contributed by atoms with van der Waals surface area (Å²) in [4.78, 5) is 0. The Labute approximate surface area is 109 Å². The molecule has 0 aliphatic rings. The lowest BCUT2D eigenvalue weighted by molar-refractivity contribution is 0.520. The van der Waals surface area contributed by atoms with Crippen LogP contribution in [0.4, 0.5) is 0 Å². The number of unbranched alkanes of at least 4 members (excludes halogenated alkanes) is 5. The van der Waals surface area contributed by atoms with Crippen LogP contribution in [0.25, 0.3) is 11.5 Å². The third-order valence-electron chi connectivity index (χ3n) is 3.29. The minimum absolute atomic E-state index is 0.834. The molecule has 0 N–H and O–H groups in total. The molecule has 2 heteroatoms. The van der Waals surface area contributed by atoms with Gasteiger partial charge in [-0.15, -0.1) is 0 Å². The summed E-state index contributed by atoms with van der Waals surface area (Å²) < 4.78 is 10.9. The summed E-state index contributed by atoms with van der Waals surface area (Å²) in [6.07, 6.45) is 12.5. The summed E-state index contributed by atoms with van der Waals surface area (Å²) in [6, 6.07) is 5.90. The average molecular weight is 246 g/mol. The summed E-state index contributed by atoms with van der Waals surface area (Å²) in [5, 5.41) is 0. The third-order valence-corrected chi connectivity index (χ3v) is 3.29. The molecule has 0 aromatic carbocycles. The van der Waals surface area contributed by atoms with Crippen molar-refractivity contribution in [1.29, 1.82) is 0 Å². The van der Waals surface area contributed by atoms with Crippen molar-refractivity contribution in [2.45, 2.75) is 51.9 Å². The summed E-state index contributed by atoms with van der Waals surface area (Å²) >= 11 is 0. The molecule has 0 saturated heterocycles. The smallest absolute Gasteiger partial charge is 0.172 e. The van der Waals surface area contributed by atoms with E-state index in [0.29, 0.717) is 0 Å². The fraction of sp³-hybridized carbons (Fsp3) is 0.500. The van der Waals surface area contributed by atoms with E-state index in [9.17, 15) is 0 Å². The SMILES string of the molecule is CCCCCCCCc1ccoc1-c1ccco1. The standard InChI is InChI=1S/C16H22O2/c1-2-3-4-5-6-7-9-14-11-13-18-16(14)15-10-8-12-17-15/h8,10-13H,2-7,9H2,1H3. The quantitative estimate of drug-likeness (QED) is 0.579. The molecule has 0 fully saturated rings. The van der Waals surface area contributed by atoms with Crippen molar-refractivity contribution in [3.63, 3.8) is 0 Å². The molecule has 0 atom stereocenters. The van der Waals surface area contributed by atoms with Gasteiger partial charge in [-0.25, -0.2) is 0 Å². The fourth-order valence-corrected chi connectivity index (χ4v) is 2.25. The van der Waals surface area contributed by atoms with Crippen LogP contribution in [-0.2, 0) is 6.42 Å². The zero-order valence-corrected chi connectivity index (χ0v) is 11.2. The predicted octanol–water partition coefficient (Wildman–Crippen LogP) is 5.44. The molecule has 2 nitrogen and oxygen atoms in total. The van der Waals surface area contributed by atoms with Crippen LogP contribution in [0.2, 0.25) is 0 Å². The minimum atomic E-state index is 0.834. The van der Waals surface area contributed by atoms with E-state index >= 15 is 0 Å². The zero-order chi connectivity index (χ0) is 12.6. The van der Waals surface area contributed by atoms with Crippen molar-refractivity contribution in [3.8, 4) is 11.5 Å². The molecular formula is C16H22O2. The highest BCUT2D eigenvalue weighted by Crippen LogP contribution is 2.26. The second kappa shape index (κ2) is 7.10. The topological polar surface area (TPSA) is 26.3 Å². The lowest BCUT2D eigenvalue weighted by Gasteiger charge is -2.01. The van der Waals surface area contributed by atoms with Gasteiger partial charge in [0.25, 0.3) is 0 Å². The number of hydrogen-bond donors (Lipinski definition) is 0. The molecule has 98 valence electrons. The predicted molar refractivity (Wildman–Crippen MR) is 73.5 cm³/mol. The van der Waals surface area contributed by atoms with E-state index < -0.39 is 0 Å². The second-order valence-corrected chi connectivity index (χ2v) is 4.77. The molecule has 0 saturated carbocycles. The summed E-state index contributed by atoms with van der Waals surface area (Å²) in [7, 11) is 0. The van der Waals surface area contributed by atoms with Crippen molar-refractivity contribution >= 4 is 0 Å². The highest BCUT2D eigenvalue weighted by Gasteiger charge is 2.10. The van der Waals surface area contributed by atoms with E-state index in [0.717, 1.165) is 17.9 Å². The lowest BCUT2D eigenvalue weighted by Crippen LogP contribution is -1.86. The van der Waals surface area contributed by atoms with Crippen LogP contribution < -0.4 is 0 Å². The first-order valence-electron chi connectivity index (χ1n) is 7.02. The van der Waals surface area contributed by atoms with Crippen LogP contribution in [0.1, 0.15) is 51.0 Å². The van der Waals surface area contributed by atoms with Crippen LogP contribution in [0, 0.1) is 0 Å². The molecule has 0 aliphatic carbocycles. The van der Waals surface area contributed by atoms with Crippen LogP contribution in [-0.4, -0.2) is 0 Å². The Balaban J connectivity index is 1.78. The van der Waals surface area contributed by atoms with E-state index in [-0.39, 0.29) is 0 Å². The Hall–Kier alpha value is -1.44. The van der Waals surface area contributed by atoms with Gasteiger partial charge in [0.05, 0.1) is 12.5 Å². The Morgan fingerprint density at radius 2 is 1.72 bits per heavy atom. The van der Waals surface area contributed by atoms with Crippen LogP contribution in [0.15, 0.2) is 39.6 Å². The van der Waals surface area contributed by atoms with Gasteiger partial charge >= 0.3 is 0 Å². The fourth-order valence-electron chi connectivity index (χ4n) is 2.25. The molecule has 0 aliphatic heterocycles. The number of aryl methyl sites for hydroxylation is 1. The first-order chi connectivity index (χ1) is 8.92. The Bertz CT molecular complexity index is 426. The Morgan fingerprint density at radius 1 is 0.889 bits per heavy atom. The summed E-state index contributed by atoms with van der Waals surface area (Å²) in [5.74, 6) is 1.73. The molecule has 2 rings (SSSR count). The maximum absolute atomic E-state index is 5.51. The van der Waals surface area contributed by atoms with Gasteiger partial charge in [0.2, 0.25) is 0 Å². The molecule has 0 bridgehead atoms. The van der Waals surface area contributed by atoms with Crippen LogP contribution >= 0.6 is 0 Å². The van der Waals surface area contributed by atoms with Gasteiger partial charge in [0.15, 0.2) is 11.5 Å². The largest absolute Gasteiger partial charge is 0.461 e. The van der Waals surface area contributed by atoms with Gasteiger partial charge < -0.3 is 8.83 Å². The van der Waals surface area contributed by atoms with Crippen molar-refractivity contribution in [1.82, 2.24) is 0 Å². The Kier molecular flexibility index (Phi) is 5.13. The van der Waals surface area contributed by atoms with Crippen molar-refractivity contribution in [3.05, 3.63) is 36.3 Å². The molecule has 0 amide bonds. The van der Waals surface area contributed by atoms with E-state index in [1.165, 1.54) is 44.1 Å². The first kappa shape index (κ1) is 13.0. The minimum Gasteiger partial charge on any atom is -0.461 e. The van der Waals surface area contributed by atoms with Gasteiger partial charge in [0.1, 0.15) is 0 Å². The number of furan rings is 2. The van der Waals surface area contributed by atoms with Gasteiger partial charge in [-0.3, -0.25) is 0 Å². The molecule has 2 heterocycles. The molecule has 0 unspecified atom stereocenters. The van der Waals surface area contributed by atoms with E-state index in [4.69, 9.17) is 8.83 Å². The molecule has 0 spiro atoms. The molecule has 0 radical (unpaired) electrons. The maximum Gasteiger partial charge on any atom is 0.172 e. The highest BCUT2D eigenvalue weighted by atomic mass is 16.4. The van der Waals surface area contributed by atoms with Gasteiger partial charge in [-0.1, -0.05) is 39.0 Å². The van der Waals surface area contributed by atoms with Crippen LogP contribution in [0.3, 0.4) is 0 Å². The summed E-state index contributed by atoms with van der Waals surface area (Å²) in [5.41, 5.74) is 1.26. The highest BCUT2D eigenvalue weighted by molar-refractivity contribution is 5.54. The van der Waals surface area contributed by atoms with Gasteiger partial charge in [-0.2, -0.15) is 0 Å². The number of hydrogen-bond acceptors (Lipinski definition) is 2. The van der Waals surface area contributed by atoms with Crippen molar-refractivity contribution in [2.24, 2.45) is 0 Å². The molecule has 2 aromatic rings. The molecule has 18 heavy (non-hydrogen) atoms. The number of rotatable bonds is 8. The zero-order valence-electron chi connectivity index (χ0n) is 11.2. The molecular weight excluding hydrogens is 224 g/mol. The van der Waals surface area contributed by atoms with Crippen molar-refractivity contribution < 1.29 is 8.83 Å². The molecule has 2 aromatic heterocycles. The first-order valence-corrected chi connectivity index (χ1v) is 7.02. The van der Waals surface area contributed by atoms with E-state index in [2.05, 4.69) is 13.0 Å². The van der Waals surface area contributed by atoms with Gasteiger partial charge in [-0.05, 0) is 31.0 Å². The second-order valence-electron chi connectivity index (χ2n) is 4.77.